The van der Waals surface area contributed by atoms with E-state index in [-0.39, 0.29) is 0 Å². The first-order valence-corrected chi connectivity index (χ1v) is 10.0. The molecule has 3 rings (SSSR count). The van der Waals surface area contributed by atoms with Crippen LogP contribution in [0.2, 0.25) is 0 Å². The fraction of sp³-hybridized carbons (Fsp3) is 1.00. The van der Waals surface area contributed by atoms with Crippen molar-refractivity contribution >= 4 is 11.8 Å². The summed E-state index contributed by atoms with van der Waals surface area (Å²) in [5.74, 6) is 0. The van der Waals surface area contributed by atoms with Gasteiger partial charge >= 0.3 is 0 Å². The van der Waals surface area contributed by atoms with E-state index >= 15 is 0 Å². The molecule has 1 saturated heterocycles. The molecule has 0 aromatic heterocycles. The SMILES string of the molecule is CSC1CCC(N2CC3(CCCCC3)NCC2C)CC1. The third-order valence-corrected chi connectivity index (χ3v) is 7.22. The molecule has 0 radical (unpaired) electrons. The van der Waals surface area contributed by atoms with E-state index in [0.717, 1.165) is 17.3 Å². The second-order valence-electron chi connectivity index (χ2n) is 7.41. The Morgan fingerprint density at radius 2 is 1.75 bits per heavy atom. The van der Waals surface area contributed by atoms with Crippen molar-refractivity contribution in [3.8, 4) is 0 Å². The quantitative estimate of drug-likeness (QED) is 0.837. The summed E-state index contributed by atoms with van der Waals surface area (Å²) in [6.45, 7) is 4.97. The summed E-state index contributed by atoms with van der Waals surface area (Å²) in [4.78, 5) is 2.89. The minimum absolute atomic E-state index is 0.473. The molecule has 1 atom stereocenters. The van der Waals surface area contributed by atoms with E-state index < -0.39 is 0 Å². The minimum atomic E-state index is 0.473. The Labute approximate surface area is 129 Å². The molecule has 0 amide bonds. The normalized spacial score (nSPS) is 39.0. The largest absolute Gasteiger partial charge is 0.308 e. The lowest BCUT2D eigenvalue weighted by Gasteiger charge is -2.52. The molecule has 1 spiro atoms. The third kappa shape index (κ3) is 3.20. The highest BCUT2D eigenvalue weighted by Crippen LogP contribution is 2.36. The first-order valence-electron chi connectivity index (χ1n) is 8.76. The Morgan fingerprint density at radius 1 is 1.05 bits per heavy atom. The van der Waals surface area contributed by atoms with Crippen LogP contribution in [0, 0.1) is 0 Å². The standard InChI is InChI=1S/C17H32N2S/c1-14-12-18-17(10-4-3-5-11-17)13-19(14)15-6-8-16(20-2)9-7-15/h14-16,18H,3-13H2,1-2H3. The van der Waals surface area contributed by atoms with Crippen LogP contribution in [0.5, 0.6) is 0 Å². The van der Waals surface area contributed by atoms with E-state index in [2.05, 4.69) is 35.2 Å². The summed E-state index contributed by atoms with van der Waals surface area (Å²) in [5.41, 5.74) is 0.473. The predicted molar refractivity (Wildman–Crippen MR) is 89.5 cm³/mol. The zero-order valence-corrected chi connectivity index (χ0v) is 14.2. The highest BCUT2D eigenvalue weighted by molar-refractivity contribution is 7.99. The van der Waals surface area contributed by atoms with Crippen molar-refractivity contribution in [3.05, 3.63) is 0 Å². The van der Waals surface area contributed by atoms with Gasteiger partial charge < -0.3 is 5.32 Å². The molecule has 0 aromatic rings. The van der Waals surface area contributed by atoms with Crippen LogP contribution < -0.4 is 5.32 Å². The van der Waals surface area contributed by atoms with Gasteiger partial charge in [0.15, 0.2) is 0 Å². The summed E-state index contributed by atoms with van der Waals surface area (Å²) in [5, 5.41) is 4.87. The number of piperazine rings is 1. The van der Waals surface area contributed by atoms with Crippen LogP contribution in [-0.4, -0.2) is 47.1 Å². The Balaban J connectivity index is 1.62. The van der Waals surface area contributed by atoms with Gasteiger partial charge in [-0.25, -0.2) is 0 Å². The lowest BCUT2D eigenvalue weighted by molar-refractivity contribution is 0.0193. The van der Waals surface area contributed by atoms with Crippen LogP contribution in [0.4, 0.5) is 0 Å². The van der Waals surface area contributed by atoms with Crippen LogP contribution in [0.15, 0.2) is 0 Å². The average Bonchev–Trinajstić information content (AvgIpc) is 2.51. The van der Waals surface area contributed by atoms with Gasteiger partial charge in [0.1, 0.15) is 0 Å². The smallest absolute Gasteiger partial charge is 0.0309 e. The summed E-state index contributed by atoms with van der Waals surface area (Å²) in [6, 6.07) is 1.60. The van der Waals surface area contributed by atoms with Crippen molar-refractivity contribution < 1.29 is 0 Å². The molecule has 0 aromatic carbocycles. The van der Waals surface area contributed by atoms with E-state index in [1.54, 1.807) is 0 Å². The zero-order valence-electron chi connectivity index (χ0n) is 13.4. The minimum Gasteiger partial charge on any atom is -0.308 e. The first-order chi connectivity index (χ1) is 9.72. The van der Waals surface area contributed by atoms with E-state index in [4.69, 9.17) is 0 Å². The van der Waals surface area contributed by atoms with Crippen molar-refractivity contribution in [2.45, 2.75) is 87.6 Å². The molecule has 1 N–H and O–H groups in total. The molecule has 2 aliphatic carbocycles. The molecule has 3 aliphatic rings. The van der Waals surface area contributed by atoms with Crippen LogP contribution in [0.25, 0.3) is 0 Å². The van der Waals surface area contributed by atoms with Gasteiger partial charge in [0.25, 0.3) is 0 Å². The van der Waals surface area contributed by atoms with Gasteiger partial charge in [-0.1, -0.05) is 19.3 Å². The number of hydrogen-bond donors (Lipinski definition) is 1. The van der Waals surface area contributed by atoms with Gasteiger partial charge in [-0.2, -0.15) is 11.8 Å². The number of nitrogens with one attached hydrogen (secondary N) is 1. The van der Waals surface area contributed by atoms with E-state index in [0.29, 0.717) is 5.54 Å². The van der Waals surface area contributed by atoms with Gasteiger partial charge in [0.2, 0.25) is 0 Å². The maximum Gasteiger partial charge on any atom is 0.0309 e. The van der Waals surface area contributed by atoms with Crippen molar-refractivity contribution in [3.63, 3.8) is 0 Å². The van der Waals surface area contributed by atoms with Crippen molar-refractivity contribution in [1.29, 1.82) is 0 Å². The van der Waals surface area contributed by atoms with Gasteiger partial charge in [0, 0.05) is 36.0 Å². The van der Waals surface area contributed by atoms with Crippen LogP contribution in [0.1, 0.15) is 64.7 Å². The zero-order chi connectivity index (χ0) is 14.0. The fourth-order valence-electron chi connectivity index (χ4n) is 4.71. The number of rotatable bonds is 2. The van der Waals surface area contributed by atoms with Gasteiger partial charge in [-0.05, 0) is 51.7 Å². The Bertz CT molecular complexity index is 306. The first kappa shape index (κ1) is 15.2. The van der Waals surface area contributed by atoms with Gasteiger partial charge in [-0.15, -0.1) is 0 Å². The van der Waals surface area contributed by atoms with E-state index in [1.807, 2.05) is 0 Å². The highest BCUT2D eigenvalue weighted by atomic mass is 32.2. The molecule has 1 aliphatic heterocycles. The topological polar surface area (TPSA) is 15.3 Å². The summed E-state index contributed by atoms with van der Waals surface area (Å²) >= 11 is 2.09. The van der Waals surface area contributed by atoms with Crippen molar-refractivity contribution in [1.82, 2.24) is 10.2 Å². The molecule has 3 fully saturated rings. The van der Waals surface area contributed by atoms with Crippen LogP contribution in [0.3, 0.4) is 0 Å². The summed E-state index contributed by atoms with van der Waals surface area (Å²) in [7, 11) is 0. The van der Waals surface area contributed by atoms with E-state index in [1.165, 1.54) is 70.9 Å². The predicted octanol–water partition coefficient (Wildman–Crippen LogP) is 3.66. The average molecular weight is 297 g/mol. The molecule has 20 heavy (non-hydrogen) atoms. The van der Waals surface area contributed by atoms with E-state index in [9.17, 15) is 0 Å². The number of thioether (sulfide) groups is 1. The Kier molecular flexibility index (Phi) is 4.99. The lowest BCUT2D eigenvalue weighted by Crippen LogP contribution is -2.66. The molecule has 1 heterocycles. The lowest BCUT2D eigenvalue weighted by atomic mass is 9.78. The maximum atomic E-state index is 3.93. The summed E-state index contributed by atoms with van der Waals surface area (Å²) < 4.78 is 0. The summed E-state index contributed by atoms with van der Waals surface area (Å²) in [6.07, 6.45) is 15.2. The van der Waals surface area contributed by atoms with Crippen LogP contribution in [-0.2, 0) is 0 Å². The second-order valence-corrected chi connectivity index (χ2v) is 8.55. The monoisotopic (exact) mass is 296 g/mol. The molecule has 2 nitrogen and oxygen atoms in total. The molecule has 3 heteroatoms. The van der Waals surface area contributed by atoms with Crippen molar-refractivity contribution in [2.75, 3.05) is 19.3 Å². The maximum absolute atomic E-state index is 3.93. The molecule has 0 bridgehead atoms. The second kappa shape index (κ2) is 6.58. The fourth-order valence-corrected chi connectivity index (χ4v) is 5.45. The van der Waals surface area contributed by atoms with Crippen LogP contribution >= 0.6 is 11.8 Å². The molecule has 2 saturated carbocycles. The highest BCUT2D eigenvalue weighted by Gasteiger charge is 2.41. The Morgan fingerprint density at radius 3 is 2.40 bits per heavy atom. The van der Waals surface area contributed by atoms with Crippen molar-refractivity contribution in [2.24, 2.45) is 0 Å². The van der Waals surface area contributed by atoms with Gasteiger partial charge in [-0.3, -0.25) is 4.90 Å². The van der Waals surface area contributed by atoms with Gasteiger partial charge in [0.05, 0.1) is 0 Å². The number of hydrogen-bond acceptors (Lipinski definition) is 3. The molecule has 1 unspecified atom stereocenters. The molecule has 116 valence electrons. The molecular weight excluding hydrogens is 264 g/mol. The third-order valence-electron chi connectivity index (χ3n) is 6.08. The Hall–Kier alpha value is 0.270. The number of nitrogens with zero attached hydrogens (tertiary/aromatic N) is 1. The molecular formula is C17H32N2S.